The van der Waals surface area contributed by atoms with Crippen molar-refractivity contribution in [3.63, 3.8) is 0 Å². The highest BCUT2D eigenvalue weighted by Crippen LogP contribution is 2.38. The molecule has 3 rings (SSSR count). The first kappa shape index (κ1) is 25.4. The molecule has 0 saturated carbocycles. The van der Waals surface area contributed by atoms with Crippen LogP contribution in [0.3, 0.4) is 0 Å². The fourth-order valence-electron chi connectivity index (χ4n) is 3.24. The lowest BCUT2D eigenvalue weighted by Crippen LogP contribution is -2.34. The van der Waals surface area contributed by atoms with Gasteiger partial charge in [-0.15, -0.1) is 0 Å². The second kappa shape index (κ2) is 10.8. The Labute approximate surface area is 201 Å². The van der Waals surface area contributed by atoms with Crippen LogP contribution in [-0.2, 0) is 6.18 Å². The molecule has 6 nitrogen and oxygen atoms in total. The molecule has 2 N–H and O–H groups in total. The van der Waals surface area contributed by atoms with E-state index in [0.717, 1.165) is 30.0 Å². The largest absolute Gasteiger partial charge is 0.493 e. The van der Waals surface area contributed by atoms with Gasteiger partial charge >= 0.3 is 6.18 Å². The molecule has 34 heavy (non-hydrogen) atoms. The fraction of sp³-hybridized carbons (Fsp3) is 0.333. The summed E-state index contributed by atoms with van der Waals surface area (Å²) in [4.78, 5) is 14.5. The fourth-order valence-corrected chi connectivity index (χ4v) is 3.45. The number of thiocarbonyl (C=S) groups is 1. The highest BCUT2D eigenvalue weighted by atomic mass is 32.1. The molecule has 10 heteroatoms. The number of nitrogens with zero attached hydrogens (tertiary/aromatic N) is 1. The van der Waals surface area contributed by atoms with E-state index in [1.165, 1.54) is 12.1 Å². The van der Waals surface area contributed by atoms with Gasteiger partial charge in [0, 0.05) is 30.9 Å². The Bertz CT molecular complexity index is 1180. The Morgan fingerprint density at radius 2 is 1.88 bits per heavy atom. The van der Waals surface area contributed by atoms with Crippen molar-refractivity contribution in [1.29, 1.82) is 0 Å². The quantitative estimate of drug-likeness (QED) is 0.287. The first-order chi connectivity index (χ1) is 16.1. The van der Waals surface area contributed by atoms with Gasteiger partial charge in [-0.2, -0.15) is 13.2 Å². The third-order valence-corrected chi connectivity index (χ3v) is 5.22. The number of fused-ring (bicyclic) bond motifs is 1. The molecule has 0 atom stereocenters. The van der Waals surface area contributed by atoms with E-state index >= 15 is 0 Å². The Kier molecular flexibility index (Phi) is 8.03. The molecule has 0 aliphatic heterocycles. The number of rotatable bonds is 8. The molecular formula is C24H26F3N3O3S. The van der Waals surface area contributed by atoms with Crippen molar-refractivity contribution >= 4 is 45.6 Å². The number of carbonyl (C=O) groups excluding carboxylic acids is 1. The molecule has 3 aromatic rings. The summed E-state index contributed by atoms with van der Waals surface area (Å²) in [7, 11) is 3.79. The Morgan fingerprint density at radius 1 is 1.12 bits per heavy atom. The number of carbonyl (C=O) groups is 1. The third-order valence-electron chi connectivity index (χ3n) is 5.02. The van der Waals surface area contributed by atoms with Gasteiger partial charge in [-0.05, 0) is 61.1 Å². The number of halogens is 3. The van der Waals surface area contributed by atoms with Crippen LogP contribution in [0.2, 0.25) is 0 Å². The number of unbranched alkanes of at least 4 members (excludes halogenated alkanes) is 2. The summed E-state index contributed by atoms with van der Waals surface area (Å²) < 4.78 is 51.5. The lowest BCUT2D eigenvalue weighted by atomic mass is 10.1. The molecule has 0 bridgehead atoms. The zero-order valence-corrected chi connectivity index (χ0v) is 19.9. The summed E-state index contributed by atoms with van der Waals surface area (Å²) >= 11 is 5.11. The maximum atomic E-state index is 13.5. The van der Waals surface area contributed by atoms with Crippen LogP contribution in [-0.4, -0.2) is 31.7 Å². The van der Waals surface area contributed by atoms with E-state index in [1.54, 1.807) is 12.1 Å². The Morgan fingerprint density at radius 3 is 2.56 bits per heavy atom. The van der Waals surface area contributed by atoms with Gasteiger partial charge in [-0.1, -0.05) is 19.8 Å². The minimum atomic E-state index is -4.61. The van der Waals surface area contributed by atoms with E-state index in [-0.39, 0.29) is 28.9 Å². The molecule has 0 aliphatic rings. The number of ether oxygens (including phenoxy) is 1. The number of anilines is 2. The van der Waals surface area contributed by atoms with Crippen LogP contribution < -0.4 is 20.3 Å². The smallest absolute Gasteiger partial charge is 0.420 e. The summed E-state index contributed by atoms with van der Waals surface area (Å²) in [5, 5.41) is 5.61. The van der Waals surface area contributed by atoms with E-state index < -0.39 is 17.6 Å². The van der Waals surface area contributed by atoms with Gasteiger partial charge < -0.3 is 19.4 Å². The first-order valence-electron chi connectivity index (χ1n) is 10.8. The minimum Gasteiger partial charge on any atom is -0.493 e. The Hall–Kier alpha value is -3.27. The molecule has 0 fully saturated rings. The monoisotopic (exact) mass is 493 g/mol. The second-order valence-corrected chi connectivity index (χ2v) is 8.31. The number of furan rings is 1. The van der Waals surface area contributed by atoms with Gasteiger partial charge in [0.1, 0.15) is 11.3 Å². The summed E-state index contributed by atoms with van der Waals surface area (Å²) in [6.07, 6.45) is -2.13. The van der Waals surface area contributed by atoms with Crippen molar-refractivity contribution in [2.75, 3.05) is 30.9 Å². The van der Waals surface area contributed by atoms with Crippen LogP contribution in [0.15, 0.2) is 46.9 Å². The average molecular weight is 494 g/mol. The lowest BCUT2D eigenvalue weighted by molar-refractivity contribution is -0.138. The first-order valence-corrected chi connectivity index (χ1v) is 11.2. The molecule has 1 aromatic heterocycles. The molecular weight excluding hydrogens is 467 g/mol. The summed E-state index contributed by atoms with van der Waals surface area (Å²) in [5.74, 6) is -0.836. The molecule has 0 saturated heterocycles. The van der Waals surface area contributed by atoms with E-state index in [1.807, 2.05) is 38.1 Å². The van der Waals surface area contributed by atoms with Crippen LogP contribution in [0.25, 0.3) is 11.0 Å². The second-order valence-electron chi connectivity index (χ2n) is 7.90. The number of hydrogen-bond donors (Lipinski definition) is 2. The summed E-state index contributed by atoms with van der Waals surface area (Å²) in [6, 6.07) is 10.6. The highest BCUT2D eigenvalue weighted by Gasteiger charge is 2.35. The van der Waals surface area contributed by atoms with E-state index in [9.17, 15) is 18.0 Å². The molecule has 0 radical (unpaired) electrons. The SMILES string of the molecule is CCCCCOc1ccc(NC(=S)NC(=O)c2cc3cc(N(C)C)ccc3o2)cc1C(F)(F)F. The molecule has 1 amide bonds. The molecule has 182 valence electrons. The molecule has 0 spiro atoms. The summed E-state index contributed by atoms with van der Waals surface area (Å²) in [5.41, 5.74) is 0.616. The Balaban J connectivity index is 1.69. The van der Waals surface area contributed by atoms with Crippen molar-refractivity contribution < 1.29 is 27.1 Å². The van der Waals surface area contributed by atoms with Gasteiger partial charge in [0.2, 0.25) is 0 Å². The van der Waals surface area contributed by atoms with E-state index in [4.69, 9.17) is 21.4 Å². The molecule has 1 heterocycles. The van der Waals surface area contributed by atoms with Crippen LogP contribution >= 0.6 is 12.2 Å². The van der Waals surface area contributed by atoms with Crippen molar-refractivity contribution in [2.45, 2.75) is 32.4 Å². The zero-order valence-electron chi connectivity index (χ0n) is 19.1. The third kappa shape index (κ3) is 6.40. The number of amides is 1. The minimum absolute atomic E-state index is 0.0295. The van der Waals surface area contributed by atoms with Gasteiger partial charge in [0.05, 0.1) is 12.2 Å². The van der Waals surface area contributed by atoms with Crippen LogP contribution in [0.5, 0.6) is 5.75 Å². The van der Waals surface area contributed by atoms with Crippen LogP contribution in [0.1, 0.15) is 42.3 Å². The predicted molar refractivity (Wildman–Crippen MR) is 131 cm³/mol. The lowest BCUT2D eigenvalue weighted by Gasteiger charge is -2.16. The number of benzene rings is 2. The van der Waals surface area contributed by atoms with Crippen molar-refractivity contribution in [2.24, 2.45) is 0 Å². The van der Waals surface area contributed by atoms with Gasteiger partial charge in [0.25, 0.3) is 5.91 Å². The van der Waals surface area contributed by atoms with E-state index in [2.05, 4.69) is 10.6 Å². The van der Waals surface area contributed by atoms with Gasteiger partial charge in [0.15, 0.2) is 10.9 Å². The van der Waals surface area contributed by atoms with Gasteiger partial charge in [-0.3, -0.25) is 10.1 Å². The van der Waals surface area contributed by atoms with Crippen molar-refractivity contribution in [3.05, 3.63) is 53.8 Å². The van der Waals surface area contributed by atoms with Crippen molar-refractivity contribution in [3.8, 4) is 5.75 Å². The molecule has 2 aromatic carbocycles. The number of nitrogens with one attached hydrogen (secondary N) is 2. The predicted octanol–water partition coefficient (Wildman–Crippen LogP) is 6.21. The molecule has 0 aliphatic carbocycles. The van der Waals surface area contributed by atoms with Crippen LogP contribution in [0.4, 0.5) is 24.5 Å². The maximum Gasteiger partial charge on any atom is 0.420 e. The topological polar surface area (TPSA) is 66.7 Å². The normalized spacial score (nSPS) is 11.4. The zero-order chi connectivity index (χ0) is 24.9. The van der Waals surface area contributed by atoms with E-state index in [0.29, 0.717) is 12.0 Å². The standard InChI is InChI=1S/C24H26F3N3O3S/c1-4-5-6-11-32-20-9-7-16(14-18(20)24(25,26)27)28-23(34)29-22(31)21-13-15-12-17(30(2)3)8-10-19(15)33-21/h7-10,12-14H,4-6,11H2,1-3H3,(H2,28,29,31,34). The molecule has 0 unspecified atom stereocenters. The highest BCUT2D eigenvalue weighted by molar-refractivity contribution is 7.80. The number of alkyl halides is 3. The van der Waals surface area contributed by atoms with Crippen molar-refractivity contribution in [1.82, 2.24) is 5.32 Å². The van der Waals surface area contributed by atoms with Gasteiger partial charge in [-0.25, -0.2) is 0 Å². The summed E-state index contributed by atoms with van der Waals surface area (Å²) in [6.45, 7) is 2.20. The maximum absolute atomic E-state index is 13.5. The average Bonchev–Trinajstić information content (AvgIpc) is 3.20. The van der Waals surface area contributed by atoms with Crippen LogP contribution in [0, 0.1) is 0 Å². The number of hydrogen-bond acceptors (Lipinski definition) is 5.